The van der Waals surface area contributed by atoms with Crippen LogP contribution in [0.3, 0.4) is 0 Å². The summed E-state index contributed by atoms with van der Waals surface area (Å²) < 4.78 is 4.67. The van der Waals surface area contributed by atoms with E-state index in [-0.39, 0.29) is 29.2 Å². The molecular formula is C114H118O5. The molecule has 1 unspecified atom stereocenters. The van der Waals surface area contributed by atoms with Gasteiger partial charge in [-0.25, -0.2) is 0 Å². The van der Waals surface area contributed by atoms with Gasteiger partial charge in [0.2, 0.25) is 0 Å². The van der Waals surface area contributed by atoms with Crippen molar-refractivity contribution in [1.82, 2.24) is 0 Å². The second-order valence-corrected chi connectivity index (χ2v) is 29.0. The lowest BCUT2D eigenvalue weighted by Crippen LogP contribution is -2.35. The largest absolute Gasteiger partial charge is 0.466 e. The molecule has 10 aromatic carbocycles. The van der Waals surface area contributed by atoms with E-state index in [9.17, 15) is 19.2 Å². The van der Waals surface area contributed by atoms with E-state index in [1.165, 1.54) is 102 Å². The fourth-order valence-electron chi connectivity index (χ4n) is 15.4. The third-order valence-corrected chi connectivity index (χ3v) is 21.0. The Morgan fingerprint density at radius 2 is 0.697 bits per heavy atom. The summed E-state index contributed by atoms with van der Waals surface area (Å²) in [5.41, 5.74) is 24.7. The molecule has 0 aromatic heterocycles. The summed E-state index contributed by atoms with van der Waals surface area (Å²) in [6.45, 7) is 26.8. The molecule has 0 heterocycles. The topological polar surface area (TPSA) is 77.5 Å². The van der Waals surface area contributed by atoms with Gasteiger partial charge in [0.05, 0.1) is 6.61 Å². The van der Waals surface area contributed by atoms with Crippen LogP contribution >= 0.6 is 0 Å². The number of ketones is 3. The summed E-state index contributed by atoms with van der Waals surface area (Å²) in [7, 11) is 0. The Morgan fingerprint density at radius 1 is 0.370 bits per heavy atom. The van der Waals surface area contributed by atoms with E-state index in [2.05, 4.69) is 312 Å². The maximum absolute atomic E-state index is 11.5. The van der Waals surface area contributed by atoms with Crippen LogP contribution in [0.4, 0.5) is 0 Å². The molecule has 0 aliphatic heterocycles. The number of ether oxygens (including phenoxy) is 1. The molecule has 0 radical (unpaired) electrons. The first kappa shape index (κ1) is 91.6. The number of Topliss-reactive ketones (excluding diaryl/α,β-unsaturated/α-hetero) is 3. The zero-order valence-corrected chi connectivity index (χ0v) is 69.8. The van der Waals surface area contributed by atoms with E-state index < -0.39 is 5.97 Å². The molecule has 0 saturated carbocycles. The maximum atomic E-state index is 11.5. The normalized spacial score (nSPS) is 12.5. The van der Waals surface area contributed by atoms with Crippen LogP contribution in [-0.4, -0.2) is 29.9 Å². The SMILES string of the molecule is C=C.C=CCCCC(=C1C=CC=C1)c1ccccc1.C=CCCCC(=C1C=CC=C1)c1ccccc1.C=CCCCC(=O)c1ccccc1.C=CCCCC(=O)c1ccccc1.C=CCCCC(C1=CCC=C1)(c1ccccc1)C1c2ccccc2-c2ccccc21.CCOC(=O)CC(=O)c1ccccc1.c1ccc2c(c1)Cc1ccccc1-2. The number of carbonyl (C=O) groups is 4. The van der Waals surface area contributed by atoms with Crippen LogP contribution in [-0.2, 0) is 21.4 Å². The van der Waals surface area contributed by atoms with Crippen molar-refractivity contribution in [3.8, 4) is 22.3 Å². The number of hydrogen-bond acceptors (Lipinski definition) is 5. The fourth-order valence-corrected chi connectivity index (χ4v) is 15.4. The first-order valence-corrected chi connectivity index (χ1v) is 42.1. The van der Waals surface area contributed by atoms with Crippen LogP contribution in [0.25, 0.3) is 33.4 Å². The van der Waals surface area contributed by atoms with Crippen LogP contribution in [0.5, 0.6) is 0 Å². The molecule has 0 spiro atoms. The Morgan fingerprint density at radius 3 is 1.07 bits per heavy atom. The molecule has 15 rings (SSSR count). The highest BCUT2D eigenvalue weighted by atomic mass is 16.5. The smallest absolute Gasteiger partial charge is 0.313 e. The van der Waals surface area contributed by atoms with Crippen molar-refractivity contribution in [3.63, 3.8) is 0 Å². The number of rotatable bonds is 31. The van der Waals surface area contributed by atoms with Crippen molar-refractivity contribution in [1.29, 1.82) is 0 Å². The molecule has 5 aliphatic rings. The number of allylic oxidation sites excluding steroid dienone is 21. The lowest BCUT2D eigenvalue weighted by molar-refractivity contribution is -0.141. The third-order valence-electron chi connectivity index (χ3n) is 21.0. The van der Waals surface area contributed by atoms with Crippen LogP contribution in [0.1, 0.15) is 192 Å². The zero-order chi connectivity index (χ0) is 84.3. The molecular weight excluding hydrogens is 1450 g/mol. The Labute approximate surface area is 711 Å². The van der Waals surface area contributed by atoms with Gasteiger partial charge in [-0.3, -0.25) is 19.2 Å². The Balaban J connectivity index is 0.000000177. The van der Waals surface area contributed by atoms with Gasteiger partial charge in [-0.05, 0) is 192 Å². The minimum Gasteiger partial charge on any atom is -0.466 e. The molecule has 0 saturated heterocycles. The Kier molecular flexibility index (Phi) is 40.5. The van der Waals surface area contributed by atoms with Gasteiger partial charge < -0.3 is 4.74 Å². The van der Waals surface area contributed by atoms with Crippen LogP contribution in [0.15, 0.2) is 439 Å². The molecule has 5 aliphatic carbocycles. The predicted molar refractivity (Wildman–Crippen MR) is 507 cm³/mol. The summed E-state index contributed by atoms with van der Waals surface area (Å²) in [5, 5.41) is 0. The predicted octanol–water partition coefficient (Wildman–Crippen LogP) is 30.2. The number of esters is 1. The molecule has 604 valence electrons. The zero-order valence-electron chi connectivity index (χ0n) is 69.8. The first-order valence-electron chi connectivity index (χ1n) is 42.1. The summed E-state index contributed by atoms with van der Waals surface area (Å²) in [6.07, 6.45) is 50.9. The van der Waals surface area contributed by atoms with Gasteiger partial charge in [0, 0.05) is 40.9 Å². The Hall–Kier alpha value is -13.0. The van der Waals surface area contributed by atoms with Crippen molar-refractivity contribution in [3.05, 3.63) is 495 Å². The quantitative estimate of drug-likeness (QED) is 0.0142. The van der Waals surface area contributed by atoms with E-state index >= 15 is 0 Å². The number of fused-ring (bicyclic) bond motifs is 6. The van der Waals surface area contributed by atoms with Crippen molar-refractivity contribution in [2.45, 2.75) is 134 Å². The van der Waals surface area contributed by atoms with Crippen molar-refractivity contribution < 1.29 is 23.9 Å². The molecule has 1 atom stereocenters. The van der Waals surface area contributed by atoms with Crippen LogP contribution in [0, 0.1) is 0 Å². The Bertz CT molecular complexity index is 4850. The number of hydrogen-bond donors (Lipinski definition) is 0. The molecule has 5 nitrogen and oxygen atoms in total. The van der Waals surface area contributed by atoms with Gasteiger partial charge in [-0.15, -0.1) is 46.1 Å². The summed E-state index contributed by atoms with van der Waals surface area (Å²) in [4.78, 5) is 45.4. The van der Waals surface area contributed by atoms with Gasteiger partial charge >= 0.3 is 5.97 Å². The van der Waals surface area contributed by atoms with E-state index in [0.29, 0.717) is 30.9 Å². The highest BCUT2D eigenvalue weighted by Gasteiger charge is 2.48. The number of carbonyl (C=O) groups excluding carboxylic acids is 4. The average molecular weight is 1570 g/mol. The maximum Gasteiger partial charge on any atom is 0.313 e. The second-order valence-electron chi connectivity index (χ2n) is 29.0. The lowest BCUT2D eigenvalue weighted by atomic mass is 9.60. The highest BCUT2D eigenvalue weighted by molar-refractivity contribution is 6.06. The summed E-state index contributed by atoms with van der Waals surface area (Å²) in [5.74, 6) is 0.0846. The monoisotopic (exact) mass is 1570 g/mol. The van der Waals surface area contributed by atoms with Gasteiger partial charge in [0.15, 0.2) is 17.3 Å². The van der Waals surface area contributed by atoms with Gasteiger partial charge in [0.1, 0.15) is 6.42 Å². The minimum atomic E-state index is -0.471. The van der Waals surface area contributed by atoms with Gasteiger partial charge in [-0.1, -0.05) is 376 Å². The average Bonchev–Trinajstić information content (AvgIpc) is 1.57. The lowest BCUT2D eigenvalue weighted by Gasteiger charge is -2.42. The first-order chi connectivity index (χ1) is 58.6. The van der Waals surface area contributed by atoms with E-state index in [4.69, 9.17) is 0 Å². The van der Waals surface area contributed by atoms with Crippen molar-refractivity contribution in [2.75, 3.05) is 6.61 Å². The molecule has 0 N–H and O–H groups in total. The fraction of sp³-hybridized carbons (Fsp3) is 0.193. The van der Waals surface area contributed by atoms with Crippen LogP contribution < -0.4 is 0 Å². The number of unbranched alkanes of at least 4 members (excludes halogenated alkanes) is 5. The molecule has 5 heteroatoms. The van der Waals surface area contributed by atoms with Crippen molar-refractivity contribution >= 4 is 34.5 Å². The van der Waals surface area contributed by atoms with Gasteiger partial charge in [-0.2, -0.15) is 0 Å². The van der Waals surface area contributed by atoms with Gasteiger partial charge in [0.25, 0.3) is 0 Å². The molecule has 10 aromatic rings. The highest BCUT2D eigenvalue weighted by Crippen LogP contribution is 2.59. The van der Waals surface area contributed by atoms with E-state index in [0.717, 1.165) is 94.6 Å². The van der Waals surface area contributed by atoms with E-state index in [1.54, 1.807) is 31.2 Å². The van der Waals surface area contributed by atoms with Crippen LogP contribution in [0.2, 0.25) is 0 Å². The molecule has 0 fully saturated rings. The van der Waals surface area contributed by atoms with E-state index in [1.807, 2.05) is 91.0 Å². The molecule has 0 amide bonds. The second kappa shape index (κ2) is 52.6. The number of benzene rings is 10. The standard InChI is InChI=1S/C30H28.2C17H18.C13H10.2C12H14O.C11H12O3.C2H4/c1-2-3-13-22-30(24-16-7-8-17-24,23-14-5-4-6-15-23)29-27-20-11-9-18-25(27)26-19-10-12-21-28(26)29;2*1-2-3-5-14-17(16-12-8-9-13-16)15-10-6-4-7-11-15;1-3-7-12-10(5-1)9-11-6-2-4-8-13(11)12;2*1-2-3-5-10-12(13)11-8-6-4-7-9-11;1-2-14-11(13)8-10(12)9-6-4-3-5-7-9;1-2/h2,4-7,9-12,14-21,29H,1,3,8,13,22H2;2*2,4,6-13H,1,3,5,14H2;1-8H,9H2;2*2,4,6-9H,1,3,5,10H2;3-7H,2,8H2,1H3;1-2H2. The molecule has 119 heavy (non-hydrogen) atoms. The summed E-state index contributed by atoms with van der Waals surface area (Å²) in [6, 6.07) is 95.4. The summed E-state index contributed by atoms with van der Waals surface area (Å²) >= 11 is 0. The third kappa shape index (κ3) is 28.2. The molecule has 0 bridgehead atoms. The van der Waals surface area contributed by atoms with Crippen molar-refractivity contribution in [2.24, 2.45) is 0 Å². The minimum absolute atomic E-state index is 0.0834.